The minimum absolute atomic E-state index is 0.116. The van der Waals surface area contributed by atoms with Crippen molar-refractivity contribution in [1.29, 1.82) is 0 Å². The van der Waals surface area contributed by atoms with Gasteiger partial charge in [0.05, 0.1) is 6.10 Å². The van der Waals surface area contributed by atoms with E-state index in [9.17, 15) is 5.11 Å². The fraction of sp³-hybridized carbons (Fsp3) is 1.00. The molecule has 2 aliphatic rings. The average molecular weight is 268 g/mol. The second-order valence-electron chi connectivity index (χ2n) is 6.41. The summed E-state index contributed by atoms with van der Waals surface area (Å²) in [4.78, 5) is 2.73. The van der Waals surface area contributed by atoms with Crippen molar-refractivity contribution < 1.29 is 5.11 Å². The van der Waals surface area contributed by atoms with Crippen molar-refractivity contribution in [1.82, 2.24) is 10.2 Å². The van der Waals surface area contributed by atoms with E-state index in [1.807, 2.05) is 6.92 Å². The largest absolute Gasteiger partial charge is 0.393 e. The van der Waals surface area contributed by atoms with Gasteiger partial charge < -0.3 is 15.3 Å². The highest BCUT2D eigenvalue weighted by Gasteiger charge is 2.25. The summed E-state index contributed by atoms with van der Waals surface area (Å²) in [5, 5.41) is 13.2. The molecular weight excluding hydrogens is 236 g/mol. The third-order valence-electron chi connectivity index (χ3n) is 5.00. The fourth-order valence-corrected chi connectivity index (χ4v) is 3.57. The number of nitrogens with zero attached hydrogens (tertiary/aromatic N) is 1. The van der Waals surface area contributed by atoms with Gasteiger partial charge in [-0.05, 0) is 58.2 Å². The summed E-state index contributed by atoms with van der Waals surface area (Å²) in [6.07, 6.45) is 11.4. The Bertz CT molecular complexity index is 233. The maximum Gasteiger partial charge on any atom is 0.0549 e. The summed E-state index contributed by atoms with van der Waals surface area (Å²) < 4.78 is 0. The standard InChI is InChI=1S/C16H32N2O/c1-2-16(19)8-11-17-14-9-12-18(13-10-14)15-6-4-3-5-7-15/h14-17,19H,2-13H2,1H3. The molecule has 112 valence electrons. The molecule has 0 bridgehead atoms. The van der Waals surface area contributed by atoms with E-state index >= 15 is 0 Å². The number of rotatable bonds is 6. The Balaban J connectivity index is 1.59. The van der Waals surface area contributed by atoms with Gasteiger partial charge in [0.2, 0.25) is 0 Å². The quantitative estimate of drug-likeness (QED) is 0.777. The number of aliphatic hydroxyl groups excluding tert-OH is 1. The highest BCUT2D eigenvalue weighted by atomic mass is 16.3. The molecule has 0 aromatic carbocycles. The zero-order valence-corrected chi connectivity index (χ0v) is 12.6. The minimum atomic E-state index is -0.116. The third-order valence-corrected chi connectivity index (χ3v) is 5.00. The normalized spacial score (nSPS) is 25.6. The Morgan fingerprint density at radius 3 is 2.42 bits per heavy atom. The highest BCUT2D eigenvalue weighted by Crippen LogP contribution is 2.25. The molecule has 2 N–H and O–H groups in total. The first-order valence-electron chi connectivity index (χ1n) is 8.45. The number of nitrogens with one attached hydrogen (secondary N) is 1. The Morgan fingerprint density at radius 2 is 1.79 bits per heavy atom. The van der Waals surface area contributed by atoms with Crippen molar-refractivity contribution in [2.45, 2.75) is 82.9 Å². The second kappa shape index (κ2) is 8.23. The fourth-order valence-electron chi connectivity index (χ4n) is 3.57. The molecule has 3 heteroatoms. The lowest BCUT2D eigenvalue weighted by atomic mass is 9.92. The van der Waals surface area contributed by atoms with Crippen molar-refractivity contribution >= 4 is 0 Å². The van der Waals surface area contributed by atoms with Gasteiger partial charge in [0.15, 0.2) is 0 Å². The molecule has 19 heavy (non-hydrogen) atoms. The highest BCUT2D eigenvalue weighted by molar-refractivity contribution is 4.83. The Hall–Kier alpha value is -0.120. The van der Waals surface area contributed by atoms with Gasteiger partial charge in [-0.1, -0.05) is 26.2 Å². The van der Waals surface area contributed by atoms with Gasteiger partial charge in [0.1, 0.15) is 0 Å². The van der Waals surface area contributed by atoms with Crippen LogP contribution in [0.3, 0.4) is 0 Å². The molecule has 1 heterocycles. The summed E-state index contributed by atoms with van der Waals surface area (Å²) in [6, 6.07) is 1.57. The van der Waals surface area contributed by atoms with E-state index < -0.39 is 0 Å². The molecule has 0 spiro atoms. The van der Waals surface area contributed by atoms with Gasteiger partial charge in [-0.15, -0.1) is 0 Å². The monoisotopic (exact) mass is 268 g/mol. The van der Waals surface area contributed by atoms with Crippen molar-refractivity contribution in [3.63, 3.8) is 0 Å². The van der Waals surface area contributed by atoms with Gasteiger partial charge in [0.25, 0.3) is 0 Å². The van der Waals surface area contributed by atoms with Crippen LogP contribution >= 0.6 is 0 Å². The molecule has 1 saturated carbocycles. The summed E-state index contributed by atoms with van der Waals surface area (Å²) in [5.41, 5.74) is 0. The van der Waals surface area contributed by atoms with Crippen LogP contribution in [-0.4, -0.2) is 47.8 Å². The number of piperidine rings is 1. The average Bonchev–Trinajstić information content (AvgIpc) is 2.48. The molecule has 1 aliphatic heterocycles. The van der Waals surface area contributed by atoms with Crippen LogP contribution in [0, 0.1) is 0 Å². The van der Waals surface area contributed by atoms with E-state index in [1.165, 1.54) is 58.0 Å². The van der Waals surface area contributed by atoms with E-state index in [2.05, 4.69) is 10.2 Å². The second-order valence-corrected chi connectivity index (χ2v) is 6.41. The predicted octanol–water partition coefficient (Wildman–Crippen LogP) is 2.53. The molecule has 2 rings (SSSR count). The lowest BCUT2D eigenvalue weighted by molar-refractivity contribution is 0.112. The first-order valence-corrected chi connectivity index (χ1v) is 8.45. The first kappa shape index (κ1) is 15.3. The number of hydrogen-bond acceptors (Lipinski definition) is 3. The van der Waals surface area contributed by atoms with Crippen LogP contribution in [0.2, 0.25) is 0 Å². The van der Waals surface area contributed by atoms with Gasteiger partial charge in [-0.3, -0.25) is 0 Å². The molecular formula is C16H32N2O. The molecule has 3 nitrogen and oxygen atoms in total. The summed E-state index contributed by atoms with van der Waals surface area (Å²) >= 11 is 0. The molecule has 1 aliphatic carbocycles. The molecule has 1 saturated heterocycles. The van der Waals surface area contributed by atoms with E-state index in [0.29, 0.717) is 6.04 Å². The molecule has 2 fully saturated rings. The lowest BCUT2D eigenvalue weighted by Crippen LogP contribution is -2.47. The van der Waals surface area contributed by atoms with Crippen LogP contribution in [-0.2, 0) is 0 Å². The zero-order valence-electron chi connectivity index (χ0n) is 12.6. The van der Waals surface area contributed by atoms with Crippen LogP contribution in [0.15, 0.2) is 0 Å². The van der Waals surface area contributed by atoms with Gasteiger partial charge >= 0.3 is 0 Å². The van der Waals surface area contributed by atoms with Crippen LogP contribution < -0.4 is 5.32 Å². The van der Waals surface area contributed by atoms with Crippen molar-refractivity contribution in [2.24, 2.45) is 0 Å². The topological polar surface area (TPSA) is 35.5 Å². The van der Waals surface area contributed by atoms with Gasteiger partial charge in [-0.2, -0.15) is 0 Å². The maximum atomic E-state index is 9.55. The zero-order chi connectivity index (χ0) is 13.5. The Labute approximate surface area is 118 Å². The first-order chi connectivity index (χ1) is 9.29. The molecule has 1 atom stereocenters. The number of hydrogen-bond donors (Lipinski definition) is 2. The molecule has 0 aromatic rings. The van der Waals surface area contributed by atoms with Crippen molar-refractivity contribution in [3.05, 3.63) is 0 Å². The summed E-state index contributed by atoms with van der Waals surface area (Å²) in [6.45, 7) is 5.58. The number of aliphatic hydroxyl groups is 1. The van der Waals surface area contributed by atoms with E-state index in [1.54, 1.807) is 0 Å². The molecule has 0 radical (unpaired) electrons. The third kappa shape index (κ3) is 5.05. The van der Waals surface area contributed by atoms with Crippen LogP contribution in [0.4, 0.5) is 0 Å². The smallest absolute Gasteiger partial charge is 0.0549 e. The van der Waals surface area contributed by atoms with Crippen molar-refractivity contribution in [2.75, 3.05) is 19.6 Å². The SMILES string of the molecule is CCC(O)CCNC1CCN(C2CCCCC2)CC1. The van der Waals surface area contributed by atoms with E-state index in [4.69, 9.17) is 0 Å². The molecule has 0 amide bonds. The summed E-state index contributed by atoms with van der Waals surface area (Å²) in [7, 11) is 0. The maximum absolute atomic E-state index is 9.55. The van der Waals surface area contributed by atoms with E-state index in [-0.39, 0.29) is 6.10 Å². The molecule has 1 unspecified atom stereocenters. The Kier molecular flexibility index (Phi) is 6.62. The van der Waals surface area contributed by atoms with Crippen LogP contribution in [0.5, 0.6) is 0 Å². The van der Waals surface area contributed by atoms with Gasteiger partial charge in [-0.25, -0.2) is 0 Å². The van der Waals surface area contributed by atoms with Crippen LogP contribution in [0.25, 0.3) is 0 Å². The predicted molar refractivity (Wildman–Crippen MR) is 80.4 cm³/mol. The van der Waals surface area contributed by atoms with Crippen molar-refractivity contribution in [3.8, 4) is 0 Å². The summed E-state index contributed by atoms with van der Waals surface area (Å²) in [5.74, 6) is 0. The lowest BCUT2D eigenvalue weighted by Gasteiger charge is -2.39. The van der Waals surface area contributed by atoms with E-state index in [0.717, 1.165) is 25.4 Å². The van der Waals surface area contributed by atoms with Crippen LogP contribution in [0.1, 0.15) is 64.7 Å². The minimum Gasteiger partial charge on any atom is -0.393 e. The Morgan fingerprint density at radius 1 is 1.11 bits per heavy atom. The number of likely N-dealkylation sites (tertiary alicyclic amines) is 1. The molecule has 0 aromatic heterocycles. The van der Waals surface area contributed by atoms with Gasteiger partial charge in [0, 0.05) is 12.1 Å².